The van der Waals surface area contributed by atoms with Crippen LogP contribution in [0.25, 0.3) is 0 Å². The highest BCUT2D eigenvalue weighted by Crippen LogP contribution is 2.23. The van der Waals surface area contributed by atoms with Crippen molar-refractivity contribution in [1.82, 2.24) is 5.32 Å². The van der Waals surface area contributed by atoms with Gasteiger partial charge in [0.15, 0.2) is 6.10 Å². The van der Waals surface area contributed by atoms with E-state index in [0.29, 0.717) is 17.2 Å². The molecule has 0 aliphatic carbocycles. The molecule has 0 aliphatic heterocycles. The van der Waals surface area contributed by atoms with Crippen LogP contribution < -0.4 is 10.1 Å². The molecule has 1 N–H and O–H groups in total. The van der Waals surface area contributed by atoms with Crippen molar-refractivity contribution in [2.75, 3.05) is 0 Å². The molecule has 0 fully saturated rings. The van der Waals surface area contributed by atoms with Crippen molar-refractivity contribution >= 4 is 17.5 Å². The highest BCUT2D eigenvalue weighted by molar-refractivity contribution is 6.31. The number of amides is 1. The first-order chi connectivity index (χ1) is 11.9. The Hall–Kier alpha value is -2.00. The highest BCUT2D eigenvalue weighted by atomic mass is 35.5. The van der Waals surface area contributed by atoms with Crippen LogP contribution in [0, 0.1) is 6.92 Å². The normalized spacial score (nSPS) is 13.2. The lowest BCUT2D eigenvalue weighted by Crippen LogP contribution is -2.39. The van der Waals surface area contributed by atoms with Gasteiger partial charge in [-0.05, 0) is 61.6 Å². The minimum atomic E-state index is -0.530. The molecule has 0 spiro atoms. The van der Waals surface area contributed by atoms with Gasteiger partial charge in [-0.15, -0.1) is 0 Å². The number of carbonyl (C=O) groups is 1. The number of rotatable bonds is 7. The fourth-order valence-corrected chi connectivity index (χ4v) is 2.73. The van der Waals surface area contributed by atoms with Crippen molar-refractivity contribution in [3.05, 3.63) is 64.2 Å². The largest absolute Gasteiger partial charge is 0.481 e. The molecule has 2 aromatic rings. The van der Waals surface area contributed by atoms with E-state index in [1.54, 1.807) is 12.1 Å². The number of aryl methyl sites for hydroxylation is 2. The van der Waals surface area contributed by atoms with Crippen LogP contribution in [0.3, 0.4) is 0 Å². The second kappa shape index (κ2) is 8.91. The first-order valence-electron chi connectivity index (χ1n) is 8.76. The van der Waals surface area contributed by atoms with Gasteiger partial charge < -0.3 is 10.1 Å². The molecule has 0 unspecified atom stereocenters. The summed E-state index contributed by atoms with van der Waals surface area (Å²) in [4.78, 5) is 12.6. The first kappa shape index (κ1) is 19.3. The van der Waals surface area contributed by atoms with Crippen LogP contribution in [0.2, 0.25) is 5.02 Å². The van der Waals surface area contributed by atoms with E-state index in [-0.39, 0.29) is 11.9 Å². The van der Waals surface area contributed by atoms with Gasteiger partial charge in [0, 0.05) is 5.02 Å². The van der Waals surface area contributed by atoms with Crippen molar-refractivity contribution in [1.29, 1.82) is 0 Å². The summed E-state index contributed by atoms with van der Waals surface area (Å²) in [7, 11) is 0. The highest BCUT2D eigenvalue weighted by Gasteiger charge is 2.21. The van der Waals surface area contributed by atoms with E-state index >= 15 is 0 Å². The quantitative estimate of drug-likeness (QED) is 0.733. The van der Waals surface area contributed by atoms with E-state index in [2.05, 4.69) is 36.5 Å². The molecule has 0 aromatic heterocycles. The molecular formula is C21H26ClNO2. The molecule has 0 bridgehead atoms. The lowest BCUT2D eigenvalue weighted by atomic mass is 10.0. The molecule has 0 aliphatic rings. The standard InChI is InChI=1S/C21H26ClNO2/c1-5-16-7-9-17(10-8-16)15(4)23-21(24)20(6-2)25-18-11-12-19(22)14(3)13-18/h7-13,15,20H,5-6H2,1-4H3,(H,23,24)/t15-,20+/m0/s1. The number of benzene rings is 2. The molecule has 0 saturated carbocycles. The maximum absolute atomic E-state index is 12.6. The number of hydrogen-bond donors (Lipinski definition) is 1. The summed E-state index contributed by atoms with van der Waals surface area (Å²) in [6.45, 7) is 7.96. The Kier molecular flexibility index (Phi) is 6.89. The molecule has 1 amide bonds. The average Bonchev–Trinajstić information content (AvgIpc) is 2.62. The van der Waals surface area contributed by atoms with E-state index in [1.807, 2.05) is 26.8 Å². The van der Waals surface area contributed by atoms with Gasteiger partial charge in [-0.2, -0.15) is 0 Å². The smallest absolute Gasteiger partial charge is 0.261 e. The summed E-state index contributed by atoms with van der Waals surface area (Å²) in [5, 5.41) is 3.73. The molecule has 2 atom stereocenters. The van der Waals surface area contributed by atoms with Crippen LogP contribution in [-0.4, -0.2) is 12.0 Å². The minimum absolute atomic E-state index is 0.0667. The van der Waals surface area contributed by atoms with Crippen molar-refractivity contribution in [2.45, 2.75) is 52.7 Å². The maximum Gasteiger partial charge on any atom is 0.261 e. The number of hydrogen-bond acceptors (Lipinski definition) is 2. The predicted molar refractivity (Wildman–Crippen MR) is 103 cm³/mol. The van der Waals surface area contributed by atoms with E-state index in [9.17, 15) is 4.79 Å². The van der Waals surface area contributed by atoms with E-state index < -0.39 is 6.10 Å². The molecular weight excluding hydrogens is 334 g/mol. The van der Waals surface area contributed by atoms with Crippen molar-refractivity contribution in [3.63, 3.8) is 0 Å². The van der Waals surface area contributed by atoms with Crippen molar-refractivity contribution in [2.24, 2.45) is 0 Å². The Balaban J connectivity index is 2.01. The molecule has 2 aromatic carbocycles. The van der Waals surface area contributed by atoms with Crippen LogP contribution >= 0.6 is 11.6 Å². The second-order valence-corrected chi connectivity index (χ2v) is 6.66. The topological polar surface area (TPSA) is 38.3 Å². The maximum atomic E-state index is 12.6. The summed E-state index contributed by atoms with van der Waals surface area (Å²) in [6, 6.07) is 13.7. The van der Waals surface area contributed by atoms with Gasteiger partial charge in [0.1, 0.15) is 5.75 Å². The molecule has 3 nitrogen and oxygen atoms in total. The number of halogens is 1. The van der Waals surface area contributed by atoms with Crippen molar-refractivity contribution < 1.29 is 9.53 Å². The third kappa shape index (κ3) is 5.23. The molecule has 0 saturated heterocycles. The number of carbonyl (C=O) groups excluding carboxylic acids is 1. The van der Waals surface area contributed by atoms with Crippen LogP contribution in [0.15, 0.2) is 42.5 Å². The Labute approximate surface area is 155 Å². The zero-order valence-electron chi connectivity index (χ0n) is 15.3. The van der Waals surface area contributed by atoms with Gasteiger partial charge in [0.2, 0.25) is 0 Å². The summed E-state index contributed by atoms with van der Waals surface area (Å²) >= 11 is 6.04. The Morgan fingerprint density at radius 1 is 1.16 bits per heavy atom. The van der Waals surface area contributed by atoms with Gasteiger partial charge in [-0.25, -0.2) is 0 Å². The Morgan fingerprint density at radius 2 is 1.84 bits per heavy atom. The lowest BCUT2D eigenvalue weighted by molar-refractivity contribution is -0.128. The van der Waals surface area contributed by atoms with Gasteiger partial charge in [-0.3, -0.25) is 4.79 Å². The average molecular weight is 360 g/mol. The molecule has 2 rings (SSSR count). The zero-order valence-corrected chi connectivity index (χ0v) is 16.1. The molecule has 4 heteroatoms. The Bertz CT molecular complexity index is 712. The third-order valence-electron chi connectivity index (χ3n) is 4.32. The monoisotopic (exact) mass is 359 g/mol. The minimum Gasteiger partial charge on any atom is -0.481 e. The summed E-state index contributed by atoms with van der Waals surface area (Å²) in [5.41, 5.74) is 3.30. The molecule has 0 radical (unpaired) electrons. The first-order valence-corrected chi connectivity index (χ1v) is 9.14. The SMILES string of the molecule is CCc1ccc([C@H](C)NC(=O)[C@@H](CC)Oc2ccc(Cl)c(C)c2)cc1. The second-order valence-electron chi connectivity index (χ2n) is 6.25. The fourth-order valence-electron chi connectivity index (χ4n) is 2.61. The van der Waals surface area contributed by atoms with E-state index in [0.717, 1.165) is 17.5 Å². The van der Waals surface area contributed by atoms with E-state index in [4.69, 9.17) is 16.3 Å². The molecule has 134 valence electrons. The number of ether oxygens (including phenoxy) is 1. The van der Waals surface area contributed by atoms with Crippen LogP contribution in [0.5, 0.6) is 5.75 Å². The van der Waals surface area contributed by atoms with Crippen LogP contribution in [0.4, 0.5) is 0 Å². The predicted octanol–water partition coefficient (Wildman–Crippen LogP) is 5.25. The summed E-state index contributed by atoms with van der Waals surface area (Å²) < 4.78 is 5.86. The summed E-state index contributed by atoms with van der Waals surface area (Å²) in [6.07, 6.45) is 1.07. The van der Waals surface area contributed by atoms with Crippen molar-refractivity contribution in [3.8, 4) is 5.75 Å². The van der Waals surface area contributed by atoms with Gasteiger partial charge in [-0.1, -0.05) is 49.7 Å². The zero-order chi connectivity index (χ0) is 18.4. The van der Waals surface area contributed by atoms with E-state index in [1.165, 1.54) is 5.56 Å². The van der Waals surface area contributed by atoms with Gasteiger partial charge in [0.25, 0.3) is 5.91 Å². The summed E-state index contributed by atoms with van der Waals surface area (Å²) in [5.74, 6) is 0.547. The van der Waals surface area contributed by atoms with Gasteiger partial charge >= 0.3 is 0 Å². The molecule has 25 heavy (non-hydrogen) atoms. The fraction of sp³-hybridized carbons (Fsp3) is 0.381. The van der Waals surface area contributed by atoms with Crippen LogP contribution in [0.1, 0.15) is 49.9 Å². The molecule has 0 heterocycles. The van der Waals surface area contributed by atoms with Crippen LogP contribution in [-0.2, 0) is 11.2 Å². The number of nitrogens with one attached hydrogen (secondary N) is 1. The third-order valence-corrected chi connectivity index (χ3v) is 4.74. The Morgan fingerprint density at radius 3 is 2.40 bits per heavy atom. The lowest BCUT2D eigenvalue weighted by Gasteiger charge is -2.21. The van der Waals surface area contributed by atoms with Gasteiger partial charge in [0.05, 0.1) is 6.04 Å².